The molecule has 0 aliphatic heterocycles. The topological polar surface area (TPSA) is 44.5 Å². The van der Waals surface area contributed by atoms with Gasteiger partial charge in [0.2, 0.25) is 0 Å². The summed E-state index contributed by atoms with van der Waals surface area (Å²) in [6.45, 7) is 7.57. The maximum absolute atomic E-state index is 5.91. The second-order valence-corrected chi connectivity index (χ2v) is 4.54. The summed E-state index contributed by atoms with van der Waals surface area (Å²) in [6, 6.07) is 7.75. The molecular formula is C14H23NO2. The van der Waals surface area contributed by atoms with Gasteiger partial charge in [-0.1, -0.05) is 20.8 Å². The number of benzene rings is 1. The summed E-state index contributed by atoms with van der Waals surface area (Å²) in [5.41, 5.74) is 5.91. The van der Waals surface area contributed by atoms with Crippen LogP contribution in [0.3, 0.4) is 0 Å². The monoisotopic (exact) mass is 237 g/mol. The lowest BCUT2D eigenvalue weighted by atomic mass is 10.1. The van der Waals surface area contributed by atoms with E-state index < -0.39 is 0 Å². The van der Waals surface area contributed by atoms with Crippen molar-refractivity contribution in [1.29, 1.82) is 0 Å². The van der Waals surface area contributed by atoms with E-state index in [0.717, 1.165) is 24.5 Å². The number of rotatable bonds is 7. The van der Waals surface area contributed by atoms with Gasteiger partial charge < -0.3 is 15.2 Å². The zero-order valence-corrected chi connectivity index (χ0v) is 11.0. The lowest BCUT2D eigenvalue weighted by Gasteiger charge is -2.16. The Kier molecular flexibility index (Phi) is 5.84. The second-order valence-electron chi connectivity index (χ2n) is 4.54. The molecule has 1 rings (SSSR count). The summed E-state index contributed by atoms with van der Waals surface area (Å²) >= 11 is 0. The minimum absolute atomic E-state index is 0.0750. The molecule has 0 aliphatic carbocycles. The molecule has 96 valence electrons. The summed E-state index contributed by atoms with van der Waals surface area (Å²) in [5, 5.41) is 0. The molecule has 0 radical (unpaired) electrons. The van der Waals surface area contributed by atoms with E-state index in [1.165, 1.54) is 0 Å². The van der Waals surface area contributed by atoms with Crippen molar-refractivity contribution in [3.8, 4) is 11.5 Å². The van der Waals surface area contributed by atoms with Gasteiger partial charge in [-0.25, -0.2) is 0 Å². The lowest BCUT2D eigenvalue weighted by Crippen LogP contribution is -2.32. The van der Waals surface area contributed by atoms with E-state index in [1.54, 1.807) is 0 Å². The van der Waals surface area contributed by atoms with Crippen LogP contribution in [0.25, 0.3) is 0 Å². The van der Waals surface area contributed by atoms with Crippen molar-refractivity contribution < 1.29 is 9.47 Å². The predicted octanol–water partition coefficient (Wildman–Crippen LogP) is 2.84. The molecule has 17 heavy (non-hydrogen) atoms. The molecule has 3 heteroatoms. The van der Waals surface area contributed by atoms with Crippen LogP contribution in [0.5, 0.6) is 11.5 Å². The van der Waals surface area contributed by atoms with Crippen molar-refractivity contribution in [3.63, 3.8) is 0 Å². The largest absolute Gasteiger partial charge is 0.494 e. The van der Waals surface area contributed by atoms with E-state index in [4.69, 9.17) is 15.2 Å². The van der Waals surface area contributed by atoms with E-state index in [2.05, 4.69) is 20.8 Å². The highest BCUT2D eigenvalue weighted by molar-refractivity contribution is 5.31. The van der Waals surface area contributed by atoms with E-state index in [-0.39, 0.29) is 6.04 Å². The Hall–Kier alpha value is -1.22. The van der Waals surface area contributed by atoms with Crippen LogP contribution in [0.4, 0.5) is 0 Å². The number of hydrogen-bond donors (Lipinski definition) is 1. The van der Waals surface area contributed by atoms with E-state index in [1.807, 2.05) is 24.3 Å². The molecule has 0 aliphatic rings. The number of nitrogens with two attached hydrogens (primary N) is 1. The van der Waals surface area contributed by atoms with Crippen LogP contribution in [0.15, 0.2) is 24.3 Å². The molecule has 0 aromatic heterocycles. The third-order valence-corrected chi connectivity index (χ3v) is 2.60. The molecule has 0 amide bonds. The summed E-state index contributed by atoms with van der Waals surface area (Å²) in [4.78, 5) is 0. The second kappa shape index (κ2) is 7.17. The van der Waals surface area contributed by atoms with Gasteiger partial charge >= 0.3 is 0 Å². The Bertz CT molecular complexity index is 309. The molecule has 1 unspecified atom stereocenters. The van der Waals surface area contributed by atoms with Crippen LogP contribution in [-0.2, 0) is 0 Å². The van der Waals surface area contributed by atoms with Gasteiger partial charge in [0.1, 0.15) is 18.1 Å². The first-order valence-electron chi connectivity index (χ1n) is 6.24. The summed E-state index contributed by atoms with van der Waals surface area (Å²) in [6.07, 6.45) is 1.02. The SMILES string of the molecule is CCCOc1ccc(OCC(N)C(C)C)cc1. The molecule has 0 saturated heterocycles. The first-order chi connectivity index (χ1) is 8.13. The number of ether oxygens (including phenoxy) is 2. The van der Waals surface area contributed by atoms with Crippen LogP contribution >= 0.6 is 0 Å². The fourth-order valence-corrected chi connectivity index (χ4v) is 1.24. The smallest absolute Gasteiger partial charge is 0.119 e. The lowest BCUT2D eigenvalue weighted by molar-refractivity contribution is 0.259. The number of hydrogen-bond acceptors (Lipinski definition) is 3. The molecule has 1 aromatic rings. The highest BCUT2D eigenvalue weighted by Gasteiger charge is 2.08. The fraction of sp³-hybridized carbons (Fsp3) is 0.571. The maximum atomic E-state index is 5.91. The molecule has 0 bridgehead atoms. The first-order valence-corrected chi connectivity index (χ1v) is 6.24. The van der Waals surface area contributed by atoms with E-state index in [9.17, 15) is 0 Å². The predicted molar refractivity (Wildman–Crippen MR) is 70.5 cm³/mol. The van der Waals surface area contributed by atoms with E-state index >= 15 is 0 Å². The first kappa shape index (κ1) is 13.8. The fourth-order valence-electron chi connectivity index (χ4n) is 1.24. The zero-order valence-electron chi connectivity index (χ0n) is 11.0. The van der Waals surface area contributed by atoms with Gasteiger partial charge in [-0.05, 0) is 36.6 Å². The van der Waals surface area contributed by atoms with Crippen molar-refractivity contribution in [2.45, 2.75) is 33.2 Å². The molecule has 2 N–H and O–H groups in total. The zero-order chi connectivity index (χ0) is 12.7. The molecule has 3 nitrogen and oxygen atoms in total. The Morgan fingerprint density at radius 1 is 1.06 bits per heavy atom. The molecule has 0 fully saturated rings. The highest BCUT2D eigenvalue weighted by atomic mass is 16.5. The Labute approximate surface area is 104 Å². The van der Waals surface area contributed by atoms with Gasteiger partial charge in [0.25, 0.3) is 0 Å². The molecular weight excluding hydrogens is 214 g/mol. The summed E-state index contributed by atoms with van der Waals surface area (Å²) in [7, 11) is 0. The van der Waals surface area contributed by atoms with E-state index in [0.29, 0.717) is 12.5 Å². The van der Waals surface area contributed by atoms with Crippen LogP contribution in [0.1, 0.15) is 27.2 Å². The summed E-state index contributed by atoms with van der Waals surface area (Å²) < 4.78 is 11.1. The average molecular weight is 237 g/mol. The Balaban J connectivity index is 2.40. The minimum Gasteiger partial charge on any atom is -0.494 e. The van der Waals surface area contributed by atoms with Crippen LogP contribution in [-0.4, -0.2) is 19.3 Å². The normalized spacial score (nSPS) is 12.5. The van der Waals surface area contributed by atoms with Crippen molar-refractivity contribution >= 4 is 0 Å². The third kappa shape index (κ3) is 5.09. The Morgan fingerprint density at radius 3 is 2.06 bits per heavy atom. The molecule has 1 aromatic carbocycles. The average Bonchev–Trinajstić information content (AvgIpc) is 2.34. The summed E-state index contributed by atoms with van der Waals surface area (Å²) in [5.74, 6) is 2.15. The van der Waals surface area contributed by atoms with Crippen molar-refractivity contribution in [2.24, 2.45) is 11.7 Å². The molecule has 0 spiro atoms. The minimum atomic E-state index is 0.0750. The van der Waals surface area contributed by atoms with Gasteiger partial charge in [-0.2, -0.15) is 0 Å². The van der Waals surface area contributed by atoms with Gasteiger partial charge in [0.05, 0.1) is 6.61 Å². The van der Waals surface area contributed by atoms with Crippen LogP contribution in [0.2, 0.25) is 0 Å². The Morgan fingerprint density at radius 2 is 1.59 bits per heavy atom. The highest BCUT2D eigenvalue weighted by Crippen LogP contribution is 2.18. The van der Waals surface area contributed by atoms with Crippen LogP contribution in [0, 0.1) is 5.92 Å². The molecule has 1 atom stereocenters. The van der Waals surface area contributed by atoms with Crippen LogP contribution < -0.4 is 15.2 Å². The van der Waals surface area contributed by atoms with Gasteiger partial charge in [0.15, 0.2) is 0 Å². The van der Waals surface area contributed by atoms with Gasteiger partial charge in [-0.15, -0.1) is 0 Å². The standard InChI is InChI=1S/C14H23NO2/c1-4-9-16-12-5-7-13(8-6-12)17-10-14(15)11(2)3/h5-8,11,14H,4,9-10,15H2,1-3H3. The van der Waals surface area contributed by atoms with Gasteiger partial charge in [-0.3, -0.25) is 0 Å². The third-order valence-electron chi connectivity index (χ3n) is 2.60. The molecule has 0 heterocycles. The van der Waals surface area contributed by atoms with Crippen molar-refractivity contribution in [2.75, 3.05) is 13.2 Å². The quantitative estimate of drug-likeness (QED) is 0.793. The van der Waals surface area contributed by atoms with Gasteiger partial charge in [0, 0.05) is 6.04 Å². The van der Waals surface area contributed by atoms with Crippen molar-refractivity contribution in [1.82, 2.24) is 0 Å². The van der Waals surface area contributed by atoms with Crippen molar-refractivity contribution in [3.05, 3.63) is 24.3 Å². The molecule has 0 saturated carbocycles. The maximum Gasteiger partial charge on any atom is 0.119 e.